The number of sulfonamides is 1. The van der Waals surface area contributed by atoms with E-state index in [1.54, 1.807) is 22.1 Å². The van der Waals surface area contributed by atoms with Crippen LogP contribution in [0.25, 0.3) is 0 Å². The number of rotatable bonds is 6. The maximum Gasteiger partial charge on any atom is 0.262 e. The summed E-state index contributed by atoms with van der Waals surface area (Å²) in [5, 5.41) is 3.49. The second kappa shape index (κ2) is 6.69. The minimum absolute atomic E-state index is 0.0438. The topological polar surface area (TPSA) is 67.2 Å². The number of hydrogen-bond acceptors (Lipinski definition) is 4. The zero-order valence-corrected chi connectivity index (χ0v) is 13.1. The van der Waals surface area contributed by atoms with E-state index in [1.807, 2.05) is 0 Å². The molecule has 1 aliphatic rings. The van der Waals surface area contributed by atoms with Crippen molar-refractivity contribution in [3.63, 3.8) is 0 Å². The van der Waals surface area contributed by atoms with Gasteiger partial charge in [-0.15, -0.1) is 0 Å². The molecular formula is C13H24N4O2S. The van der Waals surface area contributed by atoms with Gasteiger partial charge in [-0.05, 0) is 25.8 Å². The lowest BCUT2D eigenvalue weighted by Crippen LogP contribution is -2.48. The molecule has 114 valence electrons. The van der Waals surface area contributed by atoms with E-state index >= 15 is 0 Å². The van der Waals surface area contributed by atoms with Crippen molar-refractivity contribution in [2.45, 2.75) is 43.7 Å². The van der Waals surface area contributed by atoms with Crippen molar-refractivity contribution in [2.75, 3.05) is 19.6 Å². The zero-order valence-electron chi connectivity index (χ0n) is 12.2. The molecule has 20 heavy (non-hydrogen) atoms. The van der Waals surface area contributed by atoms with Gasteiger partial charge in [-0.2, -0.15) is 4.31 Å². The van der Waals surface area contributed by atoms with Crippen LogP contribution >= 0.6 is 0 Å². The first-order valence-electron chi connectivity index (χ1n) is 7.26. The average Bonchev–Trinajstić information content (AvgIpc) is 2.87. The van der Waals surface area contributed by atoms with Crippen molar-refractivity contribution in [2.24, 2.45) is 7.05 Å². The summed E-state index contributed by atoms with van der Waals surface area (Å²) in [6.07, 6.45) is 7.09. The van der Waals surface area contributed by atoms with Gasteiger partial charge in [-0.1, -0.05) is 13.3 Å². The number of hydrogen-bond donors (Lipinski definition) is 1. The van der Waals surface area contributed by atoms with Gasteiger partial charge < -0.3 is 9.88 Å². The van der Waals surface area contributed by atoms with Crippen molar-refractivity contribution in [3.8, 4) is 0 Å². The summed E-state index contributed by atoms with van der Waals surface area (Å²) in [5.41, 5.74) is 0. The van der Waals surface area contributed by atoms with E-state index in [2.05, 4.69) is 17.2 Å². The molecule has 7 heteroatoms. The normalized spacial score (nSPS) is 21.2. The molecule has 1 saturated heterocycles. The Balaban J connectivity index is 2.14. The Kier molecular flexibility index (Phi) is 5.17. The van der Waals surface area contributed by atoms with Crippen LogP contribution in [-0.2, 0) is 17.1 Å². The lowest BCUT2D eigenvalue weighted by Gasteiger charge is -2.34. The van der Waals surface area contributed by atoms with Crippen LogP contribution in [0.1, 0.15) is 32.6 Å². The third-order valence-corrected chi connectivity index (χ3v) is 5.47. The van der Waals surface area contributed by atoms with Crippen LogP contribution in [0.3, 0.4) is 0 Å². The highest BCUT2D eigenvalue weighted by atomic mass is 32.2. The van der Waals surface area contributed by atoms with Crippen molar-refractivity contribution in [3.05, 3.63) is 12.5 Å². The number of nitrogens with zero attached hydrogens (tertiary/aromatic N) is 3. The van der Waals surface area contributed by atoms with Gasteiger partial charge in [-0.25, -0.2) is 13.4 Å². The van der Waals surface area contributed by atoms with Gasteiger partial charge in [0.25, 0.3) is 10.0 Å². The Morgan fingerprint density at radius 1 is 1.45 bits per heavy atom. The van der Waals surface area contributed by atoms with Gasteiger partial charge in [0.1, 0.15) is 0 Å². The molecule has 0 radical (unpaired) electrons. The summed E-state index contributed by atoms with van der Waals surface area (Å²) in [7, 11) is -1.69. The maximum absolute atomic E-state index is 12.7. The first-order chi connectivity index (χ1) is 9.55. The molecular weight excluding hydrogens is 276 g/mol. The Bertz CT molecular complexity index is 526. The number of nitrogens with one attached hydrogen (secondary N) is 1. The molecule has 1 aliphatic heterocycles. The number of piperidine rings is 1. The molecule has 1 aromatic rings. The number of imidazole rings is 1. The third kappa shape index (κ3) is 3.39. The summed E-state index contributed by atoms with van der Waals surface area (Å²) in [4.78, 5) is 4.01. The van der Waals surface area contributed by atoms with Crippen molar-refractivity contribution in [1.29, 1.82) is 0 Å². The second-order valence-corrected chi connectivity index (χ2v) is 7.18. The van der Waals surface area contributed by atoms with Crippen LogP contribution < -0.4 is 5.32 Å². The van der Waals surface area contributed by atoms with Gasteiger partial charge in [0.15, 0.2) is 5.03 Å². The molecule has 1 atom stereocenters. The van der Waals surface area contributed by atoms with Crippen LogP contribution in [0.5, 0.6) is 0 Å². The lowest BCUT2D eigenvalue weighted by molar-refractivity contribution is 0.245. The van der Waals surface area contributed by atoms with E-state index in [0.717, 1.165) is 38.8 Å². The molecule has 2 heterocycles. The molecule has 1 aromatic heterocycles. The molecule has 1 N–H and O–H groups in total. The summed E-state index contributed by atoms with van der Waals surface area (Å²) in [5.74, 6) is 0. The quantitative estimate of drug-likeness (QED) is 0.795. The van der Waals surface area contributed by atoms with Gasteiger partial charge in [-0.3, -0.25) is 0 Å². The predicted molar refractivity (Wildman–Crippen MR) is 77.9 cm³/mol. The Labute approximate surface area is 121 Å². The summed E-state index contributed by atoms with van der Waals surface area (Å²) < 4.78 is 28.6. The number of aryl methyl sites for hydroxylation is 1. The van der Waals surface area contributed by atoms with E-state index in [1.165, 1.54) is 6.33 Å². The molecule has 0 saturated carbocycles. The predicted octanol–water partition coefficient (Wildman–Crippen LogP) is 0.963. The molecule has 0 aliphatic carbocycles. The second-order valence-electron chi connectivity index (χ2n) is 5.35. The summed E-state index contributed by atoms with van der Waals surface area (Å²) in [6, 6.07) is 0.0438. The Hall–Kier alpha value is -0.920. The molecule has 0 bridgehead atoms. The maximum atomic E-state index is 12.7. The fourth-order valence-corrected chi connectivity index (χ4v) is 4.24. The van der Waals surface area contributed by atoms with Gasteiger partial charge in [0.05, 0.1) is 6.33 Å². The minimum atomic E-state index is -3.47. The molecule has 6 nitrogen and oxygen atoms in total. The molecule has 1 fully saturated rings. The average molecular weight is 300 g/mol. The molecule has 2 rings (SSSR count). The highest BCUT2D eigenvalue weighted by Gasteiger charge is 2.34. The zero-order chi connectivity index (χ0) is 14.6. The van der Waals surface area contributed by atoms with Gasteiger partial charge >= 0.3 is 0 Å². The SMILES string of the molecule is CCCNCC1CCCCN1S(=O)(=O)c1cn(C)cn1. The van der Waals surface area contributed by atoms with E-state index in [-0.39, 0.29) is 11.1 Å². The van der Waals surface area contributed by atoms with E-state index in [9.17, 15) is 8.42 Å². The van der Waals surface area contributed by atoms with Crippen LogP contribution in [-0.4, -0.2) is 48.0 Å². The Morgan fingerprint density at radius 2 is 2.25 bits per heavy atom. The fraction of sp³-hybridized carbons (Fsp3) is 0.769. The number of aromatic nitrogens is 2. The molecule has 0 amide bonds. The monoisotopic (exact) mass is 300 g/mol. The van der Waals surface area contributed by atoms with Crippen molar-refractivity contribution < 1.29 is 8.42 Å². The molecule has 1 unspecified atom stereocenters. The van der Waals surface area contributed by atoms with Crippen molar-refractivity contribution >= 4 is 10.0 Å². The van der Waals surface area contributed by atoms with E-state index in [0.29, 0.717) is 6.54 Å². The highest BCUT2D eigenvalue weighted by Crippen LogP contribution is 2.24. The van der Waals surface area contributed by atoms with Crippen LogP contribution in [0.15, 0.2) is 17.6 Å². The smallest absolute Gasteiger partial charge is 0.262 e. The third-order valence-electron chi connectivity index (χ3n) is 3.63. The minimum Gasteiger partial charge on any atom is -0.339 e. The highest BCUT2D eigenvalue weighted by molar-refractivity contribution is 7.89. The first-order valence-corrected chi connectivity index (χ1v) is 8.70. The van der Waals surface area contributed by atoms with Crippen molar-refractivity contribution in [1.82, 2.24) is 19.2 Å². The van der Waals surface area contributed by atoms with E-state index in [4.69, 9.17) is 0 Å². The summed E-state index contributed by atoms with van der Waals surface area (Å²) >= 11 is 0. The Morgan fingerprint density at radius 3 is 2.90 bits per heavy atom. The lowest BCUT2D eigenvalue weighted by atomic mass is 10.1. The van der Waals surface area contributed by atoms with Crippen LogP contribution in [0.2, 0.25) is 0 Å². The van der Waals surface area contributed by atoms with Gasteiger partial charge in [0.2, 0.25) is 0 Å². The van der Waals surface area contributed by atoms with Crippen LogP contribution in [0, 0.1) is 0 Å². The molecule has 0 spiro atoms. The largest absolute Gasteiger partial charge is 0.339 e. The van der Waals surface area contributed by atoms with Crippen LogP contribution in [0.4, 0.5) is 0 Å². The summed E-state index contributed by atoms with van der Waals surface area (Å²) in [6.45, 7) is 4.35. The first kappa shape index (κ1) is 15.5. The van der Waals surface area contributed by atoms with Gasteiger partial charge in [0, 0.05) is 32.4 Å². The fourth-order valence-electron chi connectivity index (χ4n) is 2.58. The standard InChI is InChI=1S/C13H24N4O2S/c1-3-7-14-9-12-6-4-5-8-17(12)20(18,19)13-10-16(2)11-15-13/h10-12,14H,3-9H2,1-2H3. The van der Waals surface area contributed by atoms with E-state index < -0.39 is 10.0 Å². The molecule has 0 aromatic carbocycles.